The Bertz CT molecular complexity index is 1190. The molecule has 2 aromatic carbocycles. The SMILES string of the molecule is Cc1c(C(=O)NCc2ccccn2)cc(-c2ccc(Cl)cc2)n1-c1cccc(F)c1. The summed E-state index contributed by atoms with van der Waals surface area (Å²) in [4.78, 5) is 17.2. The van der Waals surface area contributed by atoms with Crippen molar-refractivity contribution in [3.05, 3.63) is 107 Å². The molecule has 4 nitrogen and oxygen atoms in total. The highest BCUT2D eigenvalue weighted by atomic mass is 35.5. The molecule has 2 aromatic heterocycles. The van der Waals surface area contributed by atoms with E-state index in [9.17, 15) is 9.18 Å². The smallest absolute Gasteiger partial charge is 0.253 e. The molecule has 150 valence electrons. The lowest BCUT2D eigenvalue weighted by Crippen LogP contribution is -2.23. The van der Waals surface area contributed by atoms with E-state index in [2.05, 4.69) is 10.3 Å². The van der Waals surface area contributed by atoms with Crippen molar-refractivity contribution >= 4 is 17.5 Å². The molecule has 0 unspecified atom stereocenters. The van der Waals surface area contributed by atoms with Crippen LogP contribution in [-0.2, 0) is 6.54 Å². The molecule has 0 saturated carbocycles. The number of hydrogen-bond acceptors (Lipinski definition) is 2. The molecule has 0 radical (unpaired) electrons. The molecule has 0 spiro atoms. The van der Waals surface area contributed by atoms with Crippen molar-refractivity contribution in [3.8, 4) is 16.9 Å². The fourth-order valence-corrected chi connectivity index (χ4v) is 3.51. The maximum Gasteiger partial charge on any atom is 0.253 e. The number of nitrogens with zero attached hydrogens (tertiary/aromatic N) is 2. The average Bonchev–Trinajstić information content (AvgIpc) is 3.10. The van der Waals surface area contributed by atoms with Gasteiger partial charge in [-0.1, -0.05) is 35.9 Å². The van der Waals surface area contributed by atoms with E-state index in [1.807, 2.05) is 54.0 Å². The third-order valence-corrected chi connectivity index (χ3v) is 5.11. The Morgan fingerprint density at radius 3 is 2.57 bits per heavy atom. The zero-order chi connectivity index (χ0) is 21.1. The number of hydrogen-bond donors (Lipinski definition) is 1. The predicted octanol–water partition coefficient (Wildman–Crippen LogP) is 5.57. The highest BCUT2D eigenvalue weighted by Gasteiger charge is 2.20. The minimum atomic E-state index is -0.344. The van der Waals surface area contributed by atoms with Crippen LogP contribution in [0.5, 0.6) is 0 Å². The van der Waals surface area contributed by atoms with Gasteiger partial charge >= 0.3 is 0 Å². The first kappa shape index (κ1) is 19.9. The average molecular weight is 420 g/mol. The van der Waals surface area contributed by atoms with Crippen LogP contribution >= 0.6 is 11.6 Å². The van der Waals surface area contributed by atoms with Gasteiger partial charge in [0, 0.05) is 22.6 Å². The van der Waals surface area contributed by atoms with Crippen LogP contribution in [0.4, 0.5) is 4.39 Å². The van der Waals surface area contributed by atoms with E-state index in [0.29, 0.717) is 28.5 Å². The van der Waals surface area contributed by atoms with E-state index in [0.717, 1.165) is 17.0 Å². The monoisotopic (exact) mass is 419 g/mol. The summed E-state index contributed by atoms with van der Waals surface area (Å²) in [5.41, 5.74) is 4.28. The van der Waals surface area contributed by atoms with Crippen molar-refractivity contribution in [1.82, 2.24) is 14.9 Å². The van der Waals surface area contributed by atoms with Gasteiger partial charge in [-0.3, -0.25) is 9.78 Å². The Labute approximate surface area is 179 Å². The number of carbonyl (C=O) groups excluding carboxylic acids is 1. The predicted molar refractivity (Wildman–Crippen MR) is 116 cm³/mol. The Morgan fingerprint density at radius 1 is 1.07 bits per heavy atom. The number of carbonyl (C=O) groups is 1. The number of rotatable bonds is 5. The van der Waals surface area contributed by atoms with Crippen molar-refractivity contribution in [3.63, 3.8) is 0 Å². The van der Waals surface area contributed by atoms with Gasteiger partial charge in [0.05, 0.1) is 23.5 Å². The van der Waals surface area contributed by atoms with Gasteiger partial charge in [-0.05, 0) is 61.0 Å². The van der Waals surface area contributed by atoms with Crippen molar-refractivity contribution < 1.29 is 9.18 Å². The summed E-state index contributed by atoms with van der Waals surface area (Å²) in [6.45, 7) is 2.17. The van der Waals surface area contributed by atoms with Gasteiger partial charge in [-0.15, -0.1) is 0 Å². The van der Waals surface area contributed by atoms with Crippen molar-refractivity contribution in [1.29, 1.82) is 0 Å². The van der Waals surface area contributed by atoms with Crippen LogP contribution in [0.25, 0.3) is 16.9 Å². The van der Waals surface area contributed by atoms with E-state index >= 15 is 0 Å². The van der Waals surface area contributed by atoms with Gasteiger partial charge < -0.3 is 9.88 Å². The van der Waals surface area contributed by atoms with Crippen LogP contribution in [0, 0.1) is 12.7 Å². The first-order valence-electron chi connectivity index (χ1n) is 9.45. The summed E-state index contributed by atoms with van der Waals surface area (Å²) >= 11 is 6.04. The Kier molecular flexibility index (Phi) is 5.63. The Morgan fingerprint density at radius 2 is 1.87 bits per heavy atom. The van der Waals surface area contributed by atoms with Gasteiger partial charge in [-0.2, -0.15) is 0 Å². The van der Waals surface area contributed by atoms with Gasteiger partial charge in [0.25, 0.3) is 5.91 Å². The molecule has 0 aliphatic carbocycles. The second-order valence-electron chi connectivity index (χ2n) is 6.85. The van der Waals surface area contributed by atoms with Crippen molar-refractivity contribution in [2.45, 2.75) is 13.5 Å². The van der Waals surface area contributed by atoms with Crippen LogP contribution in [0.2, 0.25) is 5.02 Å². The van der Waals surface area contributed by atoms with Crippen LogP contribution < -0.4 is 5.32 Å². The molecule has 6 heteroatoms. The largest absolute Gasteiger partial charge is 0.346 e. The summed E-state index contributed by atoms with van der Waals surface area (Å²) in [7, 11) is 0. The zero-order valence-electron chi connectivity index (χ0n) is 16.3. The first-order chi connectivity index (χ1) is 14.5. The zero-order valence-corrected chi connectivity index (χ0v) is 17.0. The van der Waals surface area contributed by atoms with Gasteiger partial charge in [0.1, 0.15) is 5.82 Å². The van der Waals surface area contributed by atoms with Gasteiger partial charge in [0.2, 0.25) is 0 Å². The summed E-state index contributed by atoms with van der Waals surface area (Å²) in [5, 5.41) is 3.53. The molecule has 0 fully saturated rings. The summed E-state index contributed by atoms with van der Waals surface area (Å²) in [6, 6.07) is 21.0. The second kappa shape index (κ2) is 8.51. The standard InChI is InChI=1S/C24H19ClFN3O/c1-16-22(24(30)28-15-20-6-2-3-12-27-20)14-23(17-8-10-18(25)11-9-17)29(16)21-7-4-5-19(26)13-21/h2-14H,15H2,1H3,(H,28,30). The number of benzene rings is 2. The molecule has 0 bridgehead atoms. The second-order valence-corrected chi connectivity index (χ2v) is 7.29. The maximum atomic E-state index is 13.9. The molecule has 4 rings (SSSR count). The van der Waals surface area contributed by atoms with E-state index in [1.54, 1.807) is 24.4 Å². The Balaban J connectivity index is 1.75. The molecule has 0 aliphatic rings. The Hall–Kier alpha value is -3.44. The van der Waals surface area contributed by atoms with Crippen LogP contribution in [-0.4, -0.2) is 15.5 Å². The quantitative estimate of drug-likeness (QED) is 0.459. The van der Waals surface area contributed by atoms with Crippen molar-refractivity contribution in [2.24, 2.45) is 0 Å². The molecule has 0 aliphatic heterocycles. The van der Waals surface area contributed by atoms with Crippen molar-refractivity contribution in [2.75, 3.05) is 0 Å². The van der Waals surface area contributed by atoms with E-state index in [-0.39, 0.29) is 11.7 Å². The highest BCUT2D eigenvalue weighted by Crippen LogP contribution is 2.30. The maximum absolute atomic E-state index is 13.9. The molecule has 0 atom stereocenters. The summed E-state index contributed by atoms with van der Waals surface area (Å²) in [5.74, 6) is -0.563. The minimum Gasteiger partial charge on any atom is -0.346 e. The van der Waals surface area contributed by atoms with Crippen LogP contribution in [0.3, 0.4) is 0 Å². The third kappa shape index (κ3) is 4.11. The van der Waals surface area contributed by atoms with Gasteiger partial charge in [0.15, 0.2) is 0 Å². The minimum absolute atomic E-state index is 0.219. The number of halogens is 2. The fraction of sp³-hybridized carbons (Fsp3) is 0.0833. The molecular formula is C24H19ClFN3O. The molecule has 0 saturated heterocycles. The summed E-state index contributed by atoms with van der Waals surface area (Å²) < 4.78 is 15.8. The first-order valence-corrected chi connectivity index (χ1v) is 9.83. The number of pyridine rings is 1. The van der Waals surface area contributed by atoms with Gasteiger partial charge in [-0.25, -0.2) is 4.39 Å². The van der Waals surface area contributed by atoms with E-state index < -0.39 is 0 Å². The topological polar surface area (TPSA) is 46.9 Å². The highest BCUT2D eigenvalue weighted by molar-refractivity contribution is 6.30. The number of amides is 1. The molecule has 30 heavy (non-hydrogen) atoms. The lowest BCUT2D eigenvalue weighted by atomic mass is 10.1. The molecule has 2 heterocycles. The lowest BCUT2D eigenvalue weighted by Gasteiger charge is -2.13. The lowest BCUT2D eigenvalue weighted by molar-refractivity contribution is 0.0950. The van der Waals surface area contributed by atoms with E-state index in [4.69, 9.17) is 11.6 Å². The van der Waals surface area contributed by atoms with Crippen LogP contribution in [0.1, 0.15) is 21.7 Å². The fourth-order valence-electron chi connectivity index (χ4n) is 3.39. The molecule has 1 N–H and O–H groups in total. The van der Waals surface area contributed by atoms with Crippen LogP contribution in [0.15, 0.2) is 79.0 Å². The number of aromatic nitrogens is 2. The molecular weight excluding hydrogens is 401 g/mol. The number of nitrogens with one attached hydrogen (secondary N) is 1. The molecule has 1 amide bonds. The summed E-state index contributed by atoms with van der Waals surface area (Å²) in [6.07, 6.45) is 1.69. The van der Waals surface area contributed by atoms with E-state index in [1.165, 1.54) is 12.1 Å². The molecule has 4 aromatic rings. The normalized spacial score (nSPS) is 10.8. The third-order valence-electron chi connectivity index (χ3n) is 4.85.